The minimum absolute atomic E-state index is 0.0972. The van der Waals surface area contributed by atoms with E-state index in [4.69, 9.17) is 5.11 Å². The Morgan fingerprint density at radius 1 is 1.71 bits per heavy atom. The topological polar surface area (TPSA) is 32.3 Å². The highest BCUT2D eigenvalue weighted by Gasteiger charge is 2.18. The second kappa shape index (κ2) is 1.80. The molecule has 0 aromatic heterocycles. The summed E-state index contributed by atoms with van der Waals surface area (Å²) in [7, 11) is 0. The van der Waals surface area contributed by atoms with Crippen LogP contribution in [0.15, 0.2) is 0 Å². The van der Waals surface area contributed by atoms with Crippen LogP contribution in [0.5, 0.6) is 0 Å². The van der Waals surface area contributed by atoms with E-state index in [2.05, 4.69) is 5.32 Å². The van der Waals surface area contributed by atoms with Gasteiger partial charge in [0, 0.05) is 6.04 Å². The van der Waals surface area contributed by atoms with Crippen molar-refractivity contribution in [1.29, 1.82) is 0 Å². The van der Waals surface area contributed by atoms with Crippen molar-refractivity contribution in [3.8, 4) is 0 Å². The Morgan fingerprint density at radius 3 is 2.57 bits per heavy atom. The molecule has 1 aliphatic heterocycles. The number of hydrogen-bond donors (Lipinski definition) is 2. The van der Waals surface area contributed by atoms with Crippen LogP contribution in [0.1, 0.15) is 13.3 Å². The molecule has 0 bridgehead atoms. The highest BCUT2D eigenvalue weighted by atomic mass is 16.3. The predicted molar refractivity (Wildman–Crippen MR) is 28.1 cm³/mol. The molecule has 1 heterocycles. The third kappa shape index (κ3) is 0.924. The van der Waals surface area contributed by atoms with Gasteiger partial charge in [-0.1, -0.05) is 0 Å². The maximum Gasteiger partial charge on any atom is 0.0702 e. The van der Waals surface area contributed by atoms with Crippen molar-refractivity contribution < 1.29 is 5.11 Å². The number of aliphatic hydroxyl groups is 1. The molecule has 0 saturated carbocycles. The Bertz CT molecular complexity index is 57.1. The standard InChI is InChI=1S/C5H11NO/c1-4-5(7)2-3-6-4/h4-7H,2-3H2,1H3/t4-,5-/m1/s1. The van der Waals surface area contributed by atoms with Crippen molar-refractivity contribution >= 4 is 0 Å². The first-order chi connectivity index (χ1) is 3.30. The summed E-state index contributed by atoms with van der Waals surface area (Å²) >= 11 is 0. The zero-order valence-corrected chi connectivity index (χ0v) is 4.52. The van der Waals surface area contributed by atoms with Crippen LogP contribution < -0.4 is 5.32 Å². The summed E-state index contributed by atoms with van der Waals surface area (Å²) in [5.74, 6) is 0. The molecular weight excluding hydrogens is 90.1 g/mol. The van der Waals surface area contributed by atoms with Gasteiger partial charge in [0.25, 0.3) is 0 Å². The molecule has 2 heteroatoms. The van der Waals surface area contributed by atoms with Gasteiger partial charge in [0.2, 0.25) is 0 Å². The highest BCUT2D eigenvalue weighted by molar-refractivity contribution is 4.78. The van der Waals surface area contributed by atoms with E-state index < -0.39 is 0 Å². The molecule has 1 fully saturated rings. The molecule has 0 radical (unpaired) electrons. The molecule has 1 aliphatic rings. The van der Waals surface area contributed by atoms with Gasteiger partial charge in [-0.05, 0) is 19.9 Å². The molecule has 1 saturated heterocycles. The first-order valence-corrected chi connectivity index (χ1v) is 2.72. The summed E-state index contributed by atoms with van der Waals surface area (Å²) in [6.45, 7) is 2.97. The maximum absolute atomic E-state index is 8.94. The number of rotatable bonds is 0. The van der Waals surface area contributed by atoms with Crippen molar-refractivity contribution in [2.45, 2.75) is 25.5 Å². The van der Waals surface area contributed by atoms with Gasteiger partial charge >= 0.3 is 0 Å². The lowest BCUT2D eigenvalue weighted by molar-refractivity contribution is 0.166. The molecule has 2 nitrogen and oxygen atoms in total. The third-order valence-electron chi connectivity index (χ3n) is 1.48. The third-order valence-corrected chi connectivity index (χ3v) is 1.48. The Kier molecular flexibility index (Phi) is 1.30. The van der Waals surface area contributed by atoms with Crippen LogP contribution in [0.4, 0.5) is 0 Å². The van der Waals surface area contributed by atoms with Gasteiger partial charge in [-0.2, -0.15) is 0 Å². The smallest absolute Gasteiger partial charge is 0.0702 e. The second-order valence-electron chi connectivity index (χ2n) is 2.10. The van der Waals surface area contributed by atoms with Gasteiger partial charge in [-0.25, -0.2) is 0 Å². The van der Waals surface area contributed by atoms with Gasteiger partial charge in [0.05, 0.1) is 6.10 Å². The Morgan fingerprint density at radius 2 is 2.43 bits per heavy atom. The summed E-state index contributed by atoms with van der Waals surface area (Å²) in [5, 5.41) is 12.1. The van der Waals surface area contributed by atoms with Gasteiger partial charge in [0.1, 0.15) is 0 Å². The Labute approximate surface area is 43.5 Å². The van der Waals surface area contributed by atoms with E-state index in [1.165, 1.54) is 0 Å². The number of nitrogens with one attached hydrogen (secondary N) is 1. The first-order valence-electron chi connectivity index (χ1n) is 2.72. The normalized spacial score (nSPS) is 42.0. The average Bonchev–Trinajstić information content (AvgIpc) is 1.91. The molecule has 0 spiro atoms. The lowest BCUT2D eigenvalue weighted by Gasteiger charge is -2.04. The molecule has 42 valence electrons. The molecule has 2 N–H and O–H groups in total. The van der Waals surface area contributed by atoms with E-state index in [9.17, 15) is 0 Å². The van der Waals surface area contributed by atoms with Crippen LogP contribution in [0, 0.1) is 0 Å². The summed E-state index contributed by atoms with van der Waals surface area (Å²) in [6, 6.07) is 0.319. The highest BCUT2D eigenvalue weighted by Crippen LogP contribution is 2.03. The van der Waals surface area contributed by atoms with Crippen molar-refractivity contribution in [3.63, 3.8) is 0 Å². The Balaban J connectivity index is 2.33. The summed E-state index contributed by atoms with van der Waals surface area (Å²) in [4.78, 5) is 0. The van der Waals surface area contributed by atoms with Crippen molar-refractivity contribution in [2.75, 3.05) is 6.54 Å². The fourth-order valence-electron chi connectivity index (χ4n) is 0.845. The zero-order valence-electron chi connectivity index (χ0n) is 4.52. The maximum atomic E-state index is 8.94. The van der Waals surface area contributed by atoms with Gasteiger partial charge in [0.15, 0.2) is 0 Å². The molecule has 1 rings (SSSR count). The lowest BCUT2D eigenvalue weighted by Crippen LogP contribution is -2.25. The van der Waals surface area contributed by atoms with Crippen LogP contribution in [-0.2, 0) is 0 Å². The van der Waals surface area contributed by atoms with E-state index in [1.54, 1.807) is 0 Å². The van der Waals surface area contributed by atoms with Gasteiger partial charge < -0.3 is 10.4 Å². The van der Waals surface area contributed by atoms with Crippen LogP contribution >= 0.6 is 0 Å². The Hall–Kier alpha value is -0.0800. The molecule has 7 heavy (non-hydrogen) atoms. The summed E-state index contributed by atoms with van der Waals surface area (Å²) in [6.07, 6.45) is 0.821. The molecule has 2 atom stereocenters. The SMILES string of the molecule is C[C@H]1NCC[C@H]1O. The molecule has 0 aromatic carbocycles. The quantitative estimate of drug-likeness (QED) is 0.440. The van der Waals surface area contributed by atoms with Crippen molar-refractivity contribution in [3.05, 3.63) is 0 Å². The van der Waals surface area contributed by atoms with E-state index in [0.29, 0.717) is 6.04 Å². The molecule has 0 unspecified atom stereocenters. The van der Waals surface area contributed by atoms with Gasteiger partial charge in [-0.15, -0.1) is 0 Å². The van der Waals surface area contributed by atoms with Gasteiger partial charge in [-0.3, -0.25) is 0 Å². The largest absolute Gasteiger partial charge is 0.391 e. The van der Waals surface area contributed by atoms with Crippen LogP contribution in [-0.4, -0.2) is 23.8 Å². The fraction of sp³-hybridized carbons (Fsp3) is 1.00. The molecule has 0 aliphatic carbocycles. The number of hydrogen-bond acceptors (Lipinski definition) is 2. The van der Waals surface area contributed by atoms with Crippen LogP contribution in [0.25, 0.3) is 0 Å². The molecule has 0 amide bonds. The number of aliphatic hydroxyl groups excluding tert-OH is 1. The monoisotopic (exact) mass is 101 g/mol. The van der Waals surface area contributed by atoms with Crippen LogP contribution in [0.3, 0.4) is 0 Å². The van der Waals surface area contributed by atoms with E-state index >= 15 is 0 Å². The fourth-order valence-corrected chi connectivity index (χ4v) is 0.845. The summed E-state index contributed by atoms with van der Waals surface area (Å²) < 4.78 is 0. The minimum atomic E-state index is -0.0972. The minimum Gasteiger partial charge on any atom is -0.391 e. The summed E-state index contributed by atoms with van der Waals surface area (Å²) in [5.41, 5.74) is 0. The van der Waals surface area contributed by atoms with E-state index in [-0.39, 0.29) is 6.10 Å². The van der Waals surface area contributed by atoms with E-state index in [1.807, 2.05) is 6.92 Å². The second-order valence-corrected chi connectivity index (χ2v) is 2.10. The predicted octanol–water partition coefficient (Wildman–Crippen LogP) is -0.271. The van der Waals surface area contributed by atoms with Crippen molar-refractivity contribution in [1.82, 2.24) is 5.32 Å². The molecular formula is C5H11NO. The molecule has 0 aromatic rings. The zero-order chi connectivity index (χ0) is 5.28. The lowest BCUT2D eigenvalue weighted by atomic mass is 10.2. The first kappa shape index (κ1) is 5.06. The van der Waals surface area contributed by atoms with E-state index in [0.717, 1.165) is 13.0 Å². The van der Waals surface area contributed by atoms with Crippen molar-refractivity contribution in [2.24, 2.45) is 0 Å². The van der Waals surface area contributed by atoms with Crippen LogP contribution in [0.2, 0.25) is 0 Å². The average molecular weight is 101 g/mol.